The average molecular weight is 211 g/mol. The molecule has 80 valence electrons. The molecule has 0 fully saturated rings. The van der Waals surface area contributed by atoms with E-state index in [-0.39, 0.29) is 0 Å². The van der Waals surface area contributed by atoms with E-state index in [1.807, 2.05) is 30.4 Å². The molecule has 5 N–H and O–H groups in total. The molecule has 0 amide bonds. The predicted octanol–water partition coefficient (Wildman–Crippen LogP) is 2.21. The maximum Gasteiger partial charge on any atom is 0.0459 e. The lowest BCUT2D eigenvalue weighted by Gasteiger charge is -2.24. The van der Waals surface area contributed by atoms with E-state index < -0.39 is 0 Å². The van der Waals surface area contributed by atoms with Crippen LogP contribution in [0.1, 0.15) is 12.0 Å². The minimum atomic E-state index is 0.782. The van der Waals surface area contributed by atoms with Crippen LogP contribution in [0, 0.1) is 0 Å². The van der Waals surface area contributed by atoms with Gasteiger partial charge in [-0.2, -0.15) is 0 Å². The molecule has 16 heavy (non-hydrogen) atoms. The third kappa shape index (κ3) is 1.37. The molecule has 1 aromatic rings. The van der Waals surface area contributed by atoms with Crippen molar-refractivity contribution in [1.29, 1.82) is 0 Å². The third-order valence-corrected chi connectivity index (χ3v) is 2.88. The van der Waals surface area contributed by atoms with Crippen LogP contribution in [0.3, 0.4) is 0 Å². The predicted molar refractivity (Wildman–Crippen MR) is 67.4 cm³/mol. The summed E-state index contributed by atoms with van der Waals surface area (Å²) in [5, 5.41) is 3.38. The molecule has 1 aromatic carbocycles. The summed E-state index contributed by atoms with van der Waals surface area (Å²) in [5.41, 5.74) is 17.8. The Hall–Kier alpha value is -2.16. The fourth-order valence-corrected chi connectivity index (χ4v) is 2.07. The summed E-state index contributed by atoms with van der Waals surface area (Å²) >= 11 is 0. The van der Waals surface area contributed by atoms with Gasteiger partial charge in [0.25, 0.3) is 0 Å². The van der Waals surface area contributed by atoms with E-state index in [1.165, 1.54) is 5.57 Å². The number of rotatable bonds is 0. The first-order chi connectivity index (χ1) is 7.72. The molecule has 2 aliphatic rings. The van der Waals surface area contributed by atoms with Crippen LogP contribution < -0.4 is 16.8 Å². The molecule has 0 unspecified atom stereocenters. The van der Waals surface area contributed by atoms with Gasteiger partial charge in [0.1, 0.15) is 0 Å². The Morgan fingerprint density at radius 2 is 2.00 bits per heavy atom. The first-order valence-electron chi connectivity index (χ1n) is 5.26. The fourth-order valence-electron chi connectivity index (χ4n) is 2.07. The SMILES string of the molecule is NC1=CC=C2Nc3ccc(N)cc3C=C2C1. The molecular formula is C13H13N3. The van der Waals surface area contributed by atoms with Crippen molar-refractivity contribution in [3.8, 4) is 0 Å². The van der Waals surface area contributed by atoms with Crippen LogP contribution in [0.15, 0.2) is 47.3 Å². The van der Waals surface area contributed by atoms with Crippen molar-refractivity contribution in [1.82, 2.24) is 0 Å². The van der Waals surface area contributed by atoms with Gasteiger partial charge in [0.2, 0.25) is 0 Å². The van der Waals surface area contributed by atoms with E-state index in [2.05, 4.69) is 11.4 Å². The summed E-state index contributed by atoms with van der Waals surface area (Å²) in [6.45, 7) is 0. The first kappa shape index (κ1) is 9.09. The number of allylic oxidation sites excluding steroid dienone is 4. The number of anilines is 2. The first-order valence-corrected chi connectivity index (χ1v) is 5.26. The highest BCUT2D eigenvalue weighted by Gasteiger charge is 2.17. The van der Waals surface area contributed by atoms with Gasteiger partial charge in [-0.1, -0.05) is 0 Å². The van der Waals surface area contributed by atoms with Gasteiger partial charge < -0.3 is 16.8 Å². The lowest BCUT2D eigenvalue weighted by molar-refractivity contribution is 1.07. The van der Waals surface area contributed by atoms with Gasteiger partial charge in [-0.3, -0.25) is 0 Å². The van der Waals surface area contributed by atoms with Crippen LogP contribution in [0.25, 0.3) is 6.08 Å². The van der Waals surface area contributed by atoms with Crippen LogP contribution in [0.4, 0.5) is 11.4 Å². The Kier molecular flexibility index (Phi) is 1.80. The molecule has 0 saturated carbocycles. The molecule has 1 heterocycles. The molecule has 0 aromatic heterocycles. The Balaban J connectivity index is 2.11. The van der Waals surface area contributed by atoms with Crippen LogP contribution in [-0.4, -0.2) is 0 Å². The van der Waals surface area contributed by atoms with Crippen molar-refractivity contribution in [3.05, 3.63) is 52.9 Å². The minimum absolute atomic E-state index is 0.782. The molecule has 3 nitrogen and oxygen atoms in total. The molecule has 0 radical (unpaired) electrons. The zero-order valence-corrected chi connectivity index (χ0v) is 8.83. The van der Waals surface area contributed by atoms with Crippen molar-refractivity contribution in [2.24, 2.45) is 5.73 Å². The number of benzene rings is 1. The Labute approximate surface area is 94.1 Å². The van der Waals surface area contributed by atoms with E-state index in [9.17, 15) is 0 Å². The largest absolute Gasteiger partial charge is 0.402 e. The number of hydrogen-bond donors (Lipinski definition) is 3. The quantitative estimate of drug-likeness (QED) is 0.576. The van der Waals surface area contributed by atoms with Crippen LogP contribution in [-0.2, 0) is 0 Å². The van der Waals surface area contributed by atoms with Crippen molar-refractivity contribution in [2.75, 3.05) is 11.1 Å². The van der Waals surface area contributed by atoms with Crippen LogP contribution >= 0.6 is 0 Å². The number of nitrogens with one attached hydrogen (secondary N) is 1. The summed E-state index contributed by atoms with van der Waals surface area (Å²) in [5.74, 6) is 0. The maximum atomic E-state index is 5.81. The second kappa shape index (κ2) is 3.17. The Morgan fingerprint density at radius 3 is 2.88 bits per heavy atom. The van der Waals surface area contributed by atoms with Crippen LogP contribution in [0.5, 0.6) is 0 Å². The van der Waals surface area contributed by atoms with Gasteiger partial charge in [-0.05, 0) is 42.0 Å². The molecule has 0 saturated heterocycles. The molecule has 3 heteroatoms. The van der Waals surface area contributed by atoms with E-state index in [4.69, 9.17) is 11.5 Å². The lowest BCUT2D eigenvalue weighted by atomic mass is 9.94. The molecule has 1 aliphatic carbocycles. The van der Waals surface area contributed by atoms with Crippen LogP contribution in [0.2, 0.25) is 0 Å². The monoisotopic (exact) mass is 211 g/mol. The highest BCUT2D eigenvalue weighted by atomic mass is 14.9. The van der Waals surface area contributed by atoms with Gasteiger partial charge in [0, 0.05) is 34.8 Å². The Morgan fingerprint density at radius 1 is 1.12 bits per heavy atom. The topological polar surface area (TPSA) is 64.1 Å². The van der Waals surface area contributed by atoms with Gasteiger partial charge in [0.05, 0.1) is 0 Å². The lowest BCUT2D eigenvalue weighted by Crippen LogP contribution is -2.14. The highest BCUT2D eigenvalue weighted by Crippen LogP contribution is 2.34. The van der Waals surface area contributed by atoms with E-state index in [0.29, 0.717) is 0 Å². The summed E-state index contributed by atoms with van der Waals surface area (Å²) in [7, 11) is 0. The standard InChI is InChI=1S/C13H13N3/c14-10-1-3-12-8(6-10)5-9-7-11(15)2-4-13(9)16-12/h1-6,16H,7,14-15H2. The van der Waals surface area contributed by atoms with Gasteiger partial charge in [-0.15, -0.1) is 0 Å². The fraction of sp³-hybridized carbons (Fsp3) is 0.0769. The highest BCUT2D eigenvalue weighted by molar-refractivity contribution is 5.80. The minimum Gasteiger partial charge on any atom is -0.402 e. The van der Waals surface area contributed by atoms with E-state index in [0.717, 1.165) is 34.8 Å². The number of hydrogen-bond acceptors (Lipinski definition) is 3. The normalized spacial score (nSPS) is 17.4. The summed E-state index contributed by atoms with van der Waals surface area (Å²) in [4.78, 5) is 0. The van der Waals surface area contributed by atoms with E-state index in [1.54, 1.807) is 0 Å². The smallest absolute Gasteiger partial charge is 0.0459 e. The molecule has 1 aliphatic heterocycles. The van der Waals surface area contributed by atoms with Crippen molar-refractivity contribution in [2.45, 2.75) is 6.42 Å². The van der Waals surface area contributed by atoms with Crippen molar-refractivity contribution < 1.29 is 0 Å². The molecule has 0 atom stereocenters. The Bertz CT molecular complexity index is 550. The zero-order valence-electron chi connectivity index (χ0n) is 8.83. The van der Waals surface area contributed by atoms with Gasteiger partial charge >= 0.3 is 0 Å². The molecule has 0 spiro atoms. The second-order valence-corrected chi connectivity index (χ2v) is 4.14. The zero-order chi connectivity index (χ0) is 11.1. The average Bonchev–Trinajstić information content (AvgIpc) is 2.26. The molecule has 0 bridgehead atoms. The molecule has 3 rings (SSSR count). The van der Waals surface area contributed by atoms with Crippen molar-refractivity contribution in [3.63, 3.8) is 0 Å². The maximum absolute atomic E-state index is 5.81. The summed E-state index contributed by atoms with van der Waals surface area (Å²) < 4.78 is 0. The van der Waals surface area contributed by atoms with E-state index >= 15 is 0 Å². The number of nitrogens with two attached hydrogens (primary N) is 2. The number of nitrogen functional groups attached to an aromatic ring is 1. The molecular weight excluding hydrogens is 198 g/mol. The summed E-state index contributed by atoms with van der Waals surface area (Å²) in [6, 6.07) is 5.87. The second-order valence-electron chi connectivity index (χ2n) is 4.14. The third-order valence-electron chi connectivity index (χ3n) is 2.88. The number of fused-ring (bicyclic) bond motifs is 2. The summed E-state index contributed by atoms with van der Waals surface area (Å²) in [6.07, 6.45) is 6.91. The van der Waals surface area contributed by atoms with Gasteiger partial charge in [0.15, 0.2) is 0 Å². The van der Waals surface area contributed by atoms with Crippen molar-refractivity contribution >= 4 is 17.5 Å². The van der Waals surface area contributed by atoms with Gasteiger partial charge in [-0.25, -0.2) is 0 Å².